The zero-order valence-corrected chi connectivity index (χ0v) is 19.0. The molecule has 1 fully saturated rings. The van der Waals surface area contributed by atoms with Crippen molar-refractivity contribution in [2.24, 2.45) is 0 Å². The van der Waals surface area contributed by atoms with Crippen LogP contribution in [0.1, 0.15) is 12.5 Å². The number of anilines is 1. The summed E-state index contributed by atoms with van der Waals surface area (Å²) >= 11 is 5.90. The maximum Gasteiger partial charge on any atom is 0.247 e. The highest BCUT2D eigenvalue weighted by Crippen LogP contribution is 2.36. The third kappa shape index (κ3) is 4.84. The summed E-state index contributed by atoms with van der Waals surface area (Å²) in [6.07, 6.45) is 1.02. The van der Waals surface area contributed by atoms with Crippen molar-refractivity contribution in [2.75, 3.05) is 31.4 Å². The van der Waals surface area contributed by atoms with E-state index < -0.39 is 27.4 Å². The molecule has 31 heavy (non-hydrogen) atoms. The third-order valence-corrected chi connectivity index (χ3v) is 6.64. The summed E-state index contributed by atoms with van der Waals surface area (Å²) in [5.41, 5.74) is -0.293. The molecule has 0 spiro atoms. The number of nitrogens with one attached hydrogen (secondary N) is 1. The van der Waals surface area contributed by atoms with Crippen LogP contribution in [-0.4, -0.2) is 56.5 Å². The van der Waals surface area contributed by atoms with Gasteiger partial charge in [0, 0.05) is 18.1 Å². The molecule has 1 aliphatic heterocycles. The van der Waals surface area contributed by atoms with Gasteiger partial charge in [-0.25, -0.2) is 8.42 Å². The van der Waals surface area contributed by atoms with Gasteiger partial charge in [-0.05, 0) is 36.8 Å². The lowest BCUT2D eigenvalue weighted by Gasteiger charge is -2.46. The molecule has 1 atom stereocenters. The van der Waals surface area contributed by atoms with E-state index in [9.17, 15) is 18.0 Å². The van der Waals surface area contributed by atoms with Gasteiger partial charge in [0.2, 0.25) is 21.8 Å². The van der Waals surface area contributed by atoms with Gasteiger partial charge in [0.1, 0.15) is 11.3 Å². The second-order valence-electron chi connectivity index (χ2n) is 7.52. The lowest BCUT2D eigenvalue weighted by Crippen LogP contribution is -2.70. The molecule has 0 aliphatic carbocycles. The number of sulfonamides is 1. The van der Waals surface area contributed by atoms with E-state index in [0.29, 0.717) is 16.5 Å². The molecular formula is C21H24ClN3O5S. The van der Waals surface area contributed by atoms with Gasteiger partial charge in [-0.3, -0.25) is 14.5 Å². The minimum absolute atomic E-state index is 0.192. The molecule has 2 amide bonds. The number of rotatable bonds is 6. The van der Waals surface area contributed by atoms with Gasteiger partial charge in [0.25, 0.3) is 0 Å². The van der Waals surface area contributed by atoms with Crippen LogP contribution in [0.5, 0.6) is 5.75 Å². The van der Waals surface area contributed by atoms with Crippen LogP contribution in [0.2, 0.25) is 5.02 Å². The van der Waals surface area contributed by atoms with Crippen molar-refractivity contribution in [3.8, 4) is 5.75 Å². The molecule has 2 aromatic carbocycles. The Hall–Kier alpha value is -2.62. The molecule has 0 unspecified atom stereocenters. The molecule has 0 bridgehead atoms. The Labute approximate surface area is 186 Å². The Balaban J connectivity index is 1.98. The quantitative estimate of drug-likeness (QED) is 0.704. The summed E-state index contributed by atoms with van der Waals surface area (Å²) < 4.78 is 30.8. The highest BCUT2D eigenvalue weighted by atomic mass is 35.5. The zero-order chi connectivity index (χ0) is 22.8. The van der Waals surface area contributed by atoms with Crippen LogP contribution in [0, 0.1) is 0 Å². The number of methoxy groups -OCH3 is 1. The standard InChI is InChI=1S/C21H24ClN3O5S/c1-21(20(27)23-12-15-8-10-16(22)11-9-15)14-24(31(3,28)29)13-19(26)25(21)17-6-4-5-7-18(17)30-2/h4-11H,12-14H2,1-3H3,(H,23,27)/t21-/m0/s1. The SMILES string of the molecule is COc1ccccc1N1C(=O)CN(S(C)(=O)=O)C[C@@]1(C)C(=O)NCc1ccc(Cl)cc1. The molecular weight excluding hydrogens is 442 g/mol. The number of hydrogen-bond donors (Lipinski definition) is 1. The monoisotopic (exact) mass is 465 g/mol. The minimum Gasteiger partial charge on any atom is -0.495 e. The van der Waals surface area contributed by atoms with E-state index in [0.717, 1.165) is 16.1 Å². The molecule has 2 aromatic rings. The molecule has 1 saturated heterocycles. The number of carbonyl (C=O) groups excluding carboxylic acids is 2. The molecule has 10 heteroatoms. The Morgan fingerprint density at radius 2 is 1.84 bits per heavy atom. The molecule has 8 nitrogen and oxygen atoms in total. The summed E-state index contributed by atoms with van der Waals surface area (Å²) in [5.74, 6) is -0.610. The Kier molecular flexibility index (Phi) is 6.59. The Morgan fingerprint density at radius 3 is 2.45 bits per heavy atom. The smallest absolute Gasteiger partial charge is 0.247 e. The summed E-state index contributed by atoms with van der Waals surface area (Å²) in [6, 6.07) is 13.8. The van der Waals surface area contributed by atoms with Gasteiger partial charge >= 0.3 is 0 Å². The van der Waals surface area contributed by atoms with Crippen molar-refractivity contribution in [3.63, 3.8) is 0 Å². The number of benzene rings is 2. The van der Waals surface area contributed by atoms with E-state index in [2.05, 4.69) is 5.32 Å². The fourth-order valence-electron chi connectivity index (χ4n) is 3.56. The first-order chi connectivity index (χ1) is 14.6. The van der Waals surface area contributed by atoms with Crippen LogP contribution in [0.3, 0.4) is 0 Å². The van der Waals surface area contributed by atoms with E-state index >= 15 is 0 Å². The molecule has 3 rings (SSSR count). The molecule has 166 valence electrons. The second-order valence-corrected chi connectivity index (χ2v) is 9.93. The van der Waals surface area contributed by atoms with Crippen molar-refractivity contribution in [2.45, 2.75) is 19.0 Å². The Morgan fingerprint density at radius 1 is 1.19 bits per heavy atom. The van der Waals surface area contributed by atoms with Gasteiger partial charge < -0.3 is 10.1 Å². The molecule has 1 aliphatic rings. The van der Waals surface area contributed by atoms with E-state index in [-0.39, 0.29) is 19.6 Å². The summed E-state index contributed by atoms with van der Waals surface area (Å²) in [6.45, 7) is 1.18. The average Bonchev–Trinajstić information content (AvgIpc) is 2.72. The fourth-order valence-corrected chi connectivity index (χ4v) is 4.52. The first-order valence-corrected chi connectivity index (χ1v) is 11.7. The molecule has 1 N–H and O–H groups in total. The zero-order valence-electron chi connectivity index (χ0n) is 17.5. The lowest BCUT2D eigenvalue weighted by atomic mass is 9.94. The maximum atomic E-state index is 13.4. The van der Waals surface area contributed by atoms with Gasteiger partial charge in [-0.15, -0.1) is 0 Å². The van der Waals surface area contributed by atoms with Crippen LogP contribution in [0.15, 0.2) is 48.5 Å². The van der Waals surface area contributed by atoms with Crippen molar-refractivity contribution in [1.29, 1.82) is 0 Å². The van der Waals surface area contributed by atoms with E-state index in [1.807, 2.05) is 0 Å². The molecule has 0 aromatic heterocycles. The maximum absolute atomic E-state index is 13.4. The van der Waals surface area contributed by atoms with Gasteiger partial charge in [-0.1, -0.05) is 35.9 Å². The number of nitrogens with zero attached hydrogens (tertiary/aromatic N) is 2. The number of para-hydroxylation sites is 2. The number of ether oxygens (including phenoxy) is 1. The van der Waals surface area contributed by atoms with E-state index in [1.54, 1.807) is 55.5 Å². The van der Waals surface area contributed by atoms with E-state index in [4.69, 9.17) is 16.3 Å². The molecule has 1 heterocycles. The molecule has 0 radical (unpaired) electrons. The van der Waals surface area contributed by atoms with E-state index in [1.165, 1.54) is 12.0 Å². The third-order valence-electron chi connectivity index (χ3n) is 5.19. The second kappa shape index (κ2) is 8.86. The lowest BCUT2D eigenvalue weighted by molar-refractivity contribution is -0.133. The summed E-state index contributed by atoms with van der Waals surface area (Å²) in [7, 11) is -2.23. The van der Waals surface area contributed by atoms with Crippen LogP contribution < -0.4 is 15.0 Å². The predicted molar refractivity (Wildman–Crippen MR) is 119 cm³/mol. The van der Waals surface area contributed by atoms with Crippen LogP contribution in [0.4, 0.5) is 5.69 Å². The first kappa shape index (κ1) is 23.1. The van der Waals surface area contributed by atoms with Gasteiger partial charge in [-0.2, -0.15) is 4.31 Å². The summed E-state index contributed by atoms with van der Waals surface area (Å²) in [5, 5.41) is 3.40. The minimum atomic E-state index is -3.70. The first-order valence-electron chi connectivity index (χ1n) is 9.50. The molecule has 0 saturated carbocycles. The predicted octanol–water partition coefficient (Wildman–Crippen LogP) is 2.03. The number of hydrogen-bond acceptors (Lipinski definition) is 5. The van der Waals surface area contributed by atoms with Crippen molar-refractivity contribution < 1.29 is 22.7 Å². The van der Waals surface area contributed by atoms with Gasteiger partial charge in [0.05, 0.1) is 25.6 Å². The normalized spacial score (nSPS) is 19.9. The Bertz CT molecular complexity index is 1090. The number of carbonyl (C=O) groups is 2. The van der Waals surface area contributed by atoms with Gasteiger partial charge in [0.15, 0.2) is 0 Å². The van der Waals surface area contributed by atoms with Crippen LogP contribution in [0.25, 0.3) is 0 Å². The van der Waals surface area contributed by atoms with Crippen molar-refractivity contribution in [3.05, 3.63) is 59.1 Å². The highest BCUT2D eigenvalue weighted by molar-refractivity contribution is 7.88. The average molecular weight is 466 g/mol. The number of halogens is 1. The largest absolute Gasteiger partial charge is 0.495 e. The fraction of sp³-hybridized carbons (Fsp3) is 0.333. The number of piperazine rings is 1. The topological polar surface area (TPSA) is 96.0 Å². The van der Waals surface area contributed by atoms with Crippen LogP contribution >= 0.6 is 11.6 Å². The van der Waals surface area contributed by atoms with Crippen molar-refractivity contribution >= 4 is 39.1 Å². The van der Waals surface area contributed by atoms with Crippen LogP contribution in [-0.2, 0) is 26.2 Å². The number of amides is 2. The van der Waals surface area contributed by atoms with Crippen molar-refractivity contribution in [1.82, 2.24) is 9.62 Å². The summed E-state index contributed by atoms with van der Waals surface area (Å²) in [4.78, 5) is 27.8. The highest BCUT2D eigenvalue weighted by Gasteiger charge is 2.50.